The van der Waals surface area contributed by atoms with Gasteiger partial charge in [0.15, 0.2) is 6.17 Å². The molecule has 0 radical (unpaired) electrons. The van der Waals surface area contributed by atoms with Gasteiger partial charge >= 0.3 is 6.18 Å². The first kappa shape index (κ1) is 11.9. The van der Waals surface area contributed by atoms with Gasteiger partial charge in [-0.1, -0.05) is 12.1 Å². The van der Waals surface area contributed by atoms with Gasteiger partial charge in [-0.15, -0.1) is 0 Å². The number of benzene rings is 1. The monoisotopic (exact) mass is 224 g/mol. The minimum absolute atomic E-state index is 0.0546. The lowest BCUT2D eigenvalue weighted by Gasteiger charge is -2.11. The van der Waals surface area contributed by atoms with Crippen LogP contribution >= 0.6 is 0 Å². The number of hydrogen-bond donors (Lipinski definition) is 0. The lowest BCUT2D eigenvalue weighted by molar-refractivity contribution is -0.181. The highest BCUT2D eigenvalue weighted by molar-refractivity contribution is 5.16. The first-order chi connectivity index (χ1) is 6.89. The number of aryl methyl sites for hydroxylation is 1. The van der Waals surface area contributed by atoms with Gasteiger partial charge in [0.05, 0.1) is 0 Å². The lowest BCUT2D eigenvalue weighted by Crippen LogP contribution is -2.24. The Bertz CT molecular complexity index is 301. The van der Waals surface area contributed by atoms with E-state index in [-0.39, 0.29) is 6.42 Å². The Morgan fingerprint density at radius 1 is 1.07 bits per heavy atom. The second-order valence-corrected chi connectivity index (χ2v) is 3.17. The molecule has 0 N–H and O–H groups in total. The van der Waals surface area contributed by atoms with Crippen LogP contribution in [-0.2, 0) is 6.42 Å². The van der Waals surface area contributed by atoms with E-state index in [0.717, 1.165) is 12.1 Å². The summed E-state index contributed by atoms with van der Waals surface area (Å²) < 4.78 is 60.2. The Hall–Kier alpha value is -1.13. The Kier molecular flexibility index (Phi) is 3.66. The van der Waals surface area contributed by atoms with Gasteiger partial charge in [-0.3, -0.25) is 0 Å². The van der Waals surface area contributed by atoms with Gasteiger partial charge in [0.1, 0.15) is 5.82 Å². The van der Waals surface area contributed by atoms with E-state index in [1.807, 2.05) is 0 Å². The second kappa shape index (κ2) is 4.59. The van der Waals surface area contributed by atoms with Gasteiger partial charge < -0.3 is 0 Å². The maximum Gasteiger partial charge on any atom is 0.419 e. The molecule has 0 bridgehead atoms. The van der Waals surface area contributed by atoms with Gasteiger partial charge in [0.25, 0.3) is 0 Å². The molecule has 84 valence electrons. The van der Waals surface area contributed by atoms with Crippen LogP contribution in [0.1, 0.15) is 12.0 Å². The van der Waals surface area contributed by atoms with Crippen LogP contribution in [0.15, 0.2) is 24.3 Å². The highest BCUT2D eigenvalue weighted by Crippen LogP contribution is 2.26. The van der Waals surface area contributed by atoms with Crippen molar-refractivity contribution in [3.05, 3.63) is 35.6 Å². The van der Waals surface area contributed by atoms with Crippen molar-refractivity contribution in [2.45, 2.75) is 25.2 Å². The standard InChI is InChI=1S/C10H9F5/c11-8-4-1-7(2-5-8)3-6-9(12)10(13,14)15/h1-2,4-5,9H,3,6H2. The first-order valence-electron chi connectivity index (χ1n) is 4.35. The third kappa shape index (κ3) is 3.85. The molecule has 0 aliphatic carbocycles. The van der Waals surface area contributed by atoms with Crippen molar-refractivity contribution in [1.29, 1.82) is 0 Å². The SMILES string of the molecule is Fc1ccc(CCC(F)C(F)(F)F)cc1. The zero-order valence-electron chi connectivity index (χ0n) is 7.69. The number of rotatable bonds is 3. The molecule has 0 aromatic heterocycles. The Labute approximate surface area is 83.7 Å². The first-order valence-corrected chi connectivity index (χ1v) is 4.35. The number of hydrogen-bond acceptors (Lipinski definition) is 0. The van der Waals surface area contributed by atoms with Crippen molar-refractivity contribution in [1.82, 2.24) is 0 Å². The van der Waals surface area contributed by atoms with Crippen molar-refractivity contribution < 1.29 is 22.0 Å². The third-order valence-electron chi connectivity index (χ3n) is 1.95. The zero-order valence-corrected chi connectivity index (χ0v) is 7.69. The largest absolute Gasteiger partial charge is 0.419 e. The second-order valence-electron chi connectivity index (χ2n) is 3.17. The Morgan fingerprint density at radius 3 is 2.07 bits per heavy atom. The van der Waals surface area contributed by atoms with Crippen LogP contribution in [-0.4, -0.2) is 12.3 Å². The zero-order chi connectivity index (χ0) is 11.5. The van der Waals surface area contributed by atoms with Gasteiger partial charge in [-0.25, -0.2) is 8.78 Å². The molecule has 0 aliphatic heterocycles. The van der Waals surface area contributed by atoms with Gasteiger partial charge in [-0.05, 0) is 30.5 Å². The fraction of sp³-hybridized carbons (Fsp3) is 0.400. The molecule has 0 saturated heterocycles. The molecular weight excluding hydrogens is 215 g/mol. The van der Waals surface area contributed by atoms with Crippen LogP contribution < -0.4 is 0 Å². The molecule has 0 heterocycles. The minimum atomic E-state index is -4.81. The number of halogens is 5. The molecule has 0 amide bonds. The minimum Gasteiger partial charge on any atom is -0.237 e. The van der Waals surface area contributed by atoms with E-state index in [9.17, 15) is 22.0 Å². The maximum absolute atomic E-state index is 12.5. The van der Waals surface area contributed by atoms with Crippen LogP contribution in [0.4, 0.5) is 22.0 Å². The summed E-state index contributed by atoms with van der Waals surface area (Å²) in [7, 11) is 0. The number of alkyl halides is 4. The summed E-state index contributed by atoms with van der Waals surface area (Å²) >= 11 is 0. The van der Waals surface area contributed by atoms with Crippen LogP contribution in [0, 0.1) is 5.82 Å². The lowest BCUT2D eigenvalue weighted by atomic mass is 10.1. The maximum atomic E-state index is 12.5. The smallest absolute Gasteiger partial charge is 0.237 e. The highest BCUT2D eigenvalue weighted by Gasteiger charge is 2.39. The van der Waals surface area contributed by atoms with E-state index in [1.165, 1.54) is 12.1 Å². The summed E-state index contributed by atoms with van der Waals surface area (Å²) in [6.45, 7) is 0. The van der Waals surface area contributed by atoms with E-state index in [2.05, 4.69) is 0 Å². The van der Waals surface area contributed by atoms with Gasteiger partial charge in [-0.2, -0.15) is 13.2 Å². The van der Waals surface area contributed by atoms with Crippen molar-refractivity contribution >= 4 is 0 Å². The molecule has 0 aliphatic rings. The summed E-state index contributed by atoms with van der Waals surface area (Å²) in [4.78, 5) is 0. The Morgan fingerprint density at radius 2 is 1.60 bits per heavy atom. The normalized spacial score (nSPS) is 13.9. The topological polar surface area (TPSA) is 0 Å². The molecular formula is C10H9F5. The molecule has 0 saturated carbocycles. The fourth-order valence-electron chi connectivity index (χ4n) is 1.11. The summed E-state index contributed by atoms with van der Waals surface area (Å²) in [6.07, 6.45) is -8.31. The van der Waals surface area contributed by atoms with Crippen LogP contribution in [0.2, 0.25) is 0 Å². The van der Waals surface area contributed by atoms with E-state index in [0.29, 0.717) is 5.56 Å². The van der Waals surface area contributed by atoms with Crippen molar-refractivity contribution in [2.75, 3.05) is 0 Å². The molecule has 0 fully saturated rings. The van der Waals surface area contributed by atoms with E-state index < -0.39 is 24.6 Å². The molecule has 1 rings (SSSR count). The molecule has 1 atom stereocenters. The quantitative estimate of drug-likeness (QED) is 0.687. The molecule has 15 heavy (non-hydrogen) atoms. The summed E-state index contributed by atoms with van der Waals surface area (Å²) in [5.74, 6) is -0.466. The van der Waals surface area contributed by atoms with Crippen LogP contribution in [0.3, 0.4) is 0 Å². The predicted molar refractivity (Wildman–Crippen MR) is 45.7 cm³/mol. The summed E-state index contributed by atoms with van der Waals surface area (Å²) in [6, 6.07) is 4.96. The molecule has 1 unspecified atom stereocenters. The van der Waals surface area contributed by atoms with Gasteiger partial charge in [0, 0.05) is 0 Å². The van der Waals surface area contributed by atoms with Crippen molar-refractivity contribution in [3.8, 4) is 0 Å². The molecule has 1 aromatic carbocycles. The highest BCUT2D eigenvalue weighted by atomic mass is 19.4. The molecule has 0 nitrogen and oxygen atoms in total. The predicted octanol–water partition coefficient (Wildman–Crippen LogP) is 3.66. The van der Waals surface area contributed by atoms with Crippen molar-refractivity contribution in [3.63, 3.8) is 0 Å². The fourth-order valence-corrected chi connectivity index (χ4v) is 1.11. The molecule has 5 heteroatoms. The van der Waals surface area contributed by atoms with E-state index >= 15 is 0 Å². The Balaban J connectivity index is 2.47. The van der Waals surface area contributed by atoms with E-state index in [1.54, 1.807) is 0 Å². The molecule has 1 aromatic rings. The van der Waals surface area contributed by atoms with Crippen LogP contribution in [0.25, 0.3) is 0 Å². The van der Waals surface area contributed by atoms with Crippen molar-refractivity contribution in [2.24, 2.45) is 0 Å². The van der Waals surface area contributed by atoms with E-state index in [4.69, 9.17) is 0 Å². The third-order valence-corrected chi connectivity index (χ3v) is 1.95. The van der Waals surface area contributed by atoms with Gasteiger partial charge in [0.2, 0.25) is 0 Å². The average molecular weight is 224 g/mol. The summed E-state index contributed by atoms with van der Waals surface area (Å²) in [5, 5.41) is 0. The van der Waals surface area contributed by atoms with Crippen LogP contribution in [0.5, 0.6) is 0 Å². The summed E-state index contributed by atoms with van der Waals surface area (Å²) in [5.41, 5.74) is 0.489. The average Bonchev–Trinajstić information content (AvgIpc) is 2.15. The molecule has 0 spiro atoms.